The Morgan fingerprint density at radius 1 is 1.45 bits per heavy atom. The molecule has 2 amide bonds. The van der Waals surface area contributed by atoms with Crippen molar-refractivity contribution in [2.24, 2.45) is 0 Å². The molecule has 0 bridgehead atoms. The monoisotopic (exact) mass is 296 g/mol. The Morgan fingerprint density at radius 3 is 2.85 bits per heavy atom. The number of nitrogens with zero attached hydrogens (tertiary/aromatic N) is 1. The van der Waals surface area contributed by atoms with E-state index in [0.29, 0.717) is 23.7 Å². The lowest BCUT2D eigenvalue weighted by atomic mass is 10.1. The van der Waals surface area contributed by atoms with Crippen LogP contribution in [-0.4, -0.2) is 36.4 Å². The molecule has 0 spiro atoms. The van der Waals surface area contributed by atoms with E-state index < -0.39 is 6.04 Å². The van der Waals surface area contributed by atoms with Crippen LogP contribution in [0.1, 0.15) is 18.9 Å². The van der Waals surface area contributed by atoms with E-state index in [-0.39, 0.29) is 18.4 Å². The maximum absolute atomic E-state index is 12.0. The van der Waals surface area contributed by atoms with Gasteiger partial charge in [-0.25, -0.2) is 0 Å². The van der Waals surface area contributed by atoms with Crippen molar-refractivity contribution in [3.05, 3.63) is 28.8 Å². The quantitative estimate of drug-likeness (QED) is 0.918. The molecule has 6 heteroatoms. The van der Waals surface area contributed by atoms with Crippen molar-refractivity contribution in [3.63, 3.8) is 0 Å². The van der Waals surface area contributed by atoms with Gasteiger partial charge in [0.1, 0.15) is 11.8 Å². The van der Waals surface area contributed by atoms with Crippen LogP contribution in [0.5, 0.6) is 5.75 Å². The molecule has 5 nitrogen and oxygen atoms in total. The summed E-state index contributed by atoms with van der Waals surface area (Å²) in [5, 5.41) is 3.17. The van der Waals surface area contributed by atoms with Gasteiger partial charge in [0.05, 0.1) is 20.2 Å². The van der Waals surface area contributed by atoms with Crippen molar-refractivity contribution in [2.45, 2.75) is 25.9 Å². The minimum atomic E-state index is -0.445. The third-order valence-electron chi connectivity index (χ3n) is 3.38. The van der Waals surface area contributed by atoms with Gasteiger partial charge in [-0.2, -0.15) is 0 Å². The first-order valence-corrected chi connectivity index (χ1v) is 6.84. The third-order valence-corrected chi connectivity index (χ3v) is 3.62. The summed E-state index contributed by atoms with van der Waals surface area (Å²) in [6, 6.07) is 4.80. The zero-order valence-corrected chi connectivity index (χ0v) is 12.2. The second kappa shape index (κ2) is 6.13. The molecule has 0 aliphatic carbocycles. The van der Waals surface area contributed by atoms with Crippen molar-refractivity contribution in [2.75, 3.05) is 13.7 Å². The maximum Gasteiger partial charge on any atom is 0.243 e. The summed E-state index contributed by atoms with van der Waals surface area (Å²) in [7, 11) is 1.56. The van der Waals surface area contributed by atoms with Crippen molar-refractivity contribution in [1.29, 1.82) is 0 Å². The number of rotatable bonds is 4. The van der Waals surface area contributed by atoms with Crippen molar-refractivity contribution < 1.29 is 14.3 Å². The van der Waals surface area contributed by atoms with Gasteiger partial charge in [0.25, 0.3) is 0 Å². The molecule has 1 unspecified atom stereocenters. The molecular formula is C14H17ClN2O3. The number of methoxy groups -OCH3 is 1. The van der Waals surface area contributed by atoms with E-state index in [4.69, 9.17) is 16.3 Å². The van der Waals surface area contributed by atoms with Crippen molar-refractivity contribution in [3.8, 4) is 5.75 Å². The highest BCUT2D eigenvalue weighted by Crippen LogP contribution is 2.25. The van der Waals surface area contributed by atoms with Crippen LogP contribution in [0.3, 0.4) is 0 Å². The van der Waals surface area contributed by atoms with Crippen LogP contribution in [0.25, 0.3) is 0 Å². The average molecular weight is 297 g/mol. The van der Waals surface area contributed by atoms with Crippen LogP contribution in [0.2, 0.25) is 5.02 Å². The lowest BCUT2D eigenvalue weighted by Gasteiger charge is -2.34. The van der Waals surface area contributed by atoms with Gasteiger partial charge in [0, 0.05) is 10.6 Å². The van der Waals surface area contributed by atoms with E-state index in [9.17, 15) is 9.59 Å². The number of nitrogens with one attached hydrogen (secondary N) is 1. The number of amides is 2. The van der Waals surface area contributed by atoms with Gasteiger partial charge in [-0.3, -0.25) is 9.59 Å². The van der Waals surface area contributed by atoms with Crippen LogP contribution in [0.4, 0.5) is 0 Å². The lowest BCUT2D eigenvalue weighted by Crippen LogP contribution is -2.57. The van der Waals surface area contributed by atoms with Crippen LogP contribution in [0, 0.1) is 0 Å². The number of halogens is 1. The van der Waals surface area contributed by atoms with E-state index >= 15 is 0 Å². The second-order valence-corrected chi connectivity index (χ2v) is 5.06. The van der Waals surface area contributed by atoms with Gasteiger partial charge in [0.15, 0.2) is 0 Å². The Morgan fingerprint density at radius 2 is 2.20 bits per heavy atom. The fourth-order valence-electron chi connectivity index (χ4n) is 2.36. The zero-order chi connectivity index (χ0) is 14.7. The molecule has 1 aromatic carbocycles. The van der Waals surface area contributed by atoms with Gasteiger partial charge in [0.2, 0.25) is 11.8 Å². The van der Waals surface area contributed by atoms with E-state index in [1.54, 1.807) is 30.2 Å². The van der Waals surface area contributed by atoms with Gasteiger partial charge >= 0.3 is 0 Å². The predicted octanol–water partition coefficient (Wildman–Crippen LogP) is 1.59. The SMILES string of the molecule is CCC1C(=O)NCC(=O)N1Cc1cc(Cl)ccc1OC. The smallest absolute Gasteiger partial charge is 0.243 e. The topological polar surface area (TPSA) is 58.6 Å². The predicted molar refractivity (Wildman–Crippen MR) is 75.6 cm³/mol. The summed E-state index contributed by atoms with van der Waals surface area (Å²) in [6.45, 7) is 2.23. The highest BCUT2D eigenvalue weighted by Gasteiger charge is 2.33. The van der Waals surface area contributed by atoms with Gasteiger partial charge < -0.3 is 15.0 Å². The van der Waals surface area contributed by atoms with Gasteiger partial charge in [-0.15, -0.1) is 0 Å². The zero-order valence-electron chi connectivity index (χ0n) is 11.5. The fraction of sp³-hybridized carbons (Fsp3) is 0.429. The standard InChI is InChI=1S/C14H17ClN2O3/c1-3-11-14(19)16-7-13(18)17(11)8-9-6-10(15)4-5-12(9)20-2/h4-6,11H,3,7-8H2,1-2H3,(H,16,19). The molecule has 1 atom stereocenters. The van der Waals surface area contributed by atoms with Crippen molar-refractivity contribution in [1.82, 2.24) is 10.2 Å². The van der Waals surface area contributed by atoms with E-state index in [1.807, 2.05) is 6.92 Å². The Kier molecular flexibility index (Phi) is 4.49. The molecule has 1 N–H and O–H groups in total. The first-order chi connectivity index (χ1) is 9.56. The Labute approximate surface area is 122 Å². The number of carbonyl (C=O) groups excluding carboxylic acids is 2. The Balaban J connectivity index is 2.28. The molecular weight excluding hydrogens is 280 g/mol. The fourth-order valence-corrected chi connectivity index (χ4v) is 2.55. The molecule has 1 aromatic rings. The summed E-state index contributed by atoms with van der Waals surface area (Å²) >= 11 is 5.99. The molecule has 0 aromatic heterocycles. The number of hydrogen-bond acceptors (Lipinski definition) is 3. The van der Waals surface area contributed by atoms with E-state index in [1.165, 1.54) is 0 Å². The molecule has 0 radical (unpaired) electrons. The number of benzene rings is 1. The van der Waals surface area contributed by atoms with Crippen LogP contribution in [0.15, 0.2) is 18.2 Å². The second-order valence-electron chi connectivity index (χ2n) is 4.62. The summed E-state index contributed by atoms with van der Waals surface area (Å²) in [6.07, 6.45) is 0.570. The lowest BCUT2D eigenvalue weighted by molar-refractivity contribution is -0.146. The number of ether oxygens (including phenoxy) is 1. The van der Waals surface area contributed by atoms with E-state index in [2.05, 4.69) is 5.32 Å². The summed E-state index contributed by atoms with van der Waals surface area (Å²) in [5.74, 6) is 0.439. The maximum atomic E-state index is 12.0. The van der Waals surface area contributed by atoms with Crippen LogP contribution < -0.4 is 10.1 Å². The Bertz CT molecular complexity index is 533. The third kappa shape index (κ3) is 2.88. The minimum absolute atomic E-state index is 0.0399. The largest absolute Gasteiger partial charge is 0.496 e. The van der Waals surface area contributed by atoms with Crippen LogP contribution >= 0.6 is 11.6 Å². The summed E-state index contributed by atoms with van der Waals surface area (Å²) in [5.41, 5.74) is 0.793. The highest BCUT2D eigenvalue weighted by atomic mass is 35.5. The molecule has 2 rings (SSSR count). The highest BCUT2D eigenvalue weighted by molar-refractivity contribution is 6.30. The minimum Gasteiger partial charge on any atom is -0.496 e. The number of piperazine rings is 1. The van der Waals surface area contributed by atoms with Gasteiger partial charge in [-0.1, -0.05) is 18.5 Å². The van der Waals surface area contributed by atoms with Crippen LogP contribution in [-0.2, 0) is 16.1 Å². The molecule has 1 fully saturated rings. The van der Waals surface area contributed by atoms with E-state index in [0.717, 1.165) is 5.56 Å². The molecule has 1 aliphatic heterocycles. The molecule has 108 valence electrons. The normalized spacial score (nSPS) is 18.9. The summed E-state index contributed by atoms with van der Waals surface area (Å²) < 4.78 is 5.28. The first-order valence-electron chi connectivity index (χ1n) is 6.46. The average Bonchev–Trinajstić information content (AvgIpc) is 2.43. The molecule has 20 heavy (non-hydrogen) atoms. The number of carbonyl (C=O) groups is 2. The van der Waals surface area contributed by atoms with Crippen molar-refractivity contribution >= 4 is 23.4 Å². The molecule has 1 aliphatic rings. The molecule has 0 saturated carbocycles. The molecule has 1 heterocycles. The number of hydrogen-bond donors (Lipinski definition) is 1. The Hall–Kier alpha value is -1.75. The molecule has 1 saturated heterocycles. The summed E-state index contributed by atoms with van der Waals surface area (Å²) in [4.78, 5) is 25.4. The first kappa shape index (κ1) is 14.7. The van der Waals surface area contributed by atoms with Gasteiger partial charge in [-0.05, 0) is 24.6 Å².